The molecule has 1 fully saturated rings. The molecule has 0 bridgehead atoms. The summed E-state index contributed by atoms with van der Waals surface area (Å²) in [4.78, 5) is 9.40. The highest BCUT2D eigenvalue weighted by molar-refractivity contribution is 5.87. The van der Waals surface area contributed by atoms with Gasteiger partial charge in [-0.25, -0.2) is 0 Å². The van der Waals surface area contributed by atoms with Gasteiger partial charge in [0.15, 0.2) is 5.58 Å². The molecule has 32 heavy (non-hydrogen) atoms. The molecule has 5 nitrogen and oxygen atoms in total. The van der Waals surface area contributed by atoms with E-state index < -0.39 is 0 Å². The Morgan fingerprint density at radius 3 is 2.41 bits per heavy atom. The summed E-state index contributed by atoms with van der Waals surface area (Å²) >= 11 is 0. The lowest BCUT2D eigenvalue weighted by Gasteiger charge is -2.36. The lowest BCUT2D eigenvalue weighted by Crippen LogP contribution is -2.46. The molecular weight excluding hydrogens is 398 g/mol. The minimum Gasteiger partial charge on any atom is -0.447 e. The topological polar surface area (TPSA) is 41.7 Å². The molecule has 0 saturated carbocycles. The Morgan fingerprint density at radius 2 is 1.62 bits per heavy atom. The second-order valence-electron chi connectivity index (χ2n) is 8.60. The minimum absolute atomic E-state index is 0.0375. The third-order valence-electron chi connectivity index (χ3n) is 5.86. The number of anilines is 1. The van der Waals surface area contributed by atoms with Crippen LogP contribution in [0.5, 0.6) is 6.08 Å². The molecule has 1 aliphatic rings. The lowest BCUT2D eigenvalue weighted by molar-refractivity contribution is 0.180. The van der Waals surface area contributed by atoms with Crippen molar-refractivity contribution < 1.29 is 9.15 Å². The molecule has 0 aliphatic carbocycles. The maximum Gasteiger partial charge on any atom is 0.394 e. The highest BCUT2D eigenvalue weighted by atomic mass is 16.6. The van der Waals surface area contributed by atoms with Crippen LogP contribution in [-0.2, 0) is 6.54 Å². The van der Waals surface area contributed by atoms with Gasteiger partial charge in [-0.2, -0.15) is 4.98 Å². The van der Waals surface area contributed by atoms with E-state index in [2.05, 4.69) is 75.4 Å². The number of aromatic nitrogens is 1. The molecule has 164 valence electrons. The molecular formula is C27H29N3O2. The molecule has 0 unspecified atom stereocenters. The second-order valence-corrected chi connectivity index (χ2v) is 8.60. The second kappa shape index (κ2) is 9.05. The van der Waals surface area contributed by atoms with Crippen LogP contribution in [0.25, 0.3) is 22.2 Å². The number of piperazine rings is 1. The van der Waals surface area contributed by atoms with Crippen molar-refractivity contribution in [1.29, 1.82) is 0 Å². The summed E-state index contributed by atoms with van der Waals surface area (Å²) in [5.74, 6) is 0. The van der Waals surface area contributed by atoms with Gasteiger partial charge in [0, 0.05) is 32.7 Å². The van der Waals surface area contributed by atoms with Crippen molar-refractivity contribution in [2.24, 2.45) is 0 Å². The summed E-state index contributed by atoms with van der Waals surface area (Å²) in [5, 5.41) is 0. The average Bonchev–Trinajstić information content (AvgIpc) is 3.22. The summed E-state index contributed by atoms with van der Waals surface area (Å²) in [6.45, 7) is 8.85. The van der Waals surface area contributed by atoms with Gasteiger partial charge in [-0.15, -0.1) is 0 Å². The molecule has 0 atom stereocenters. The number of hydrogen-bond acceptors (Lipinski definition) is 5. The number of benzene rings is 3. The van der Waals surface area contributed by atoms with Gasteiger partial charge < -0.3 is 14.1 Å². The van der Waals surface area contributed by atoms with Crippen LogP contribution < -0.4 is 9.64 Å². The fourth-order valence-corrected chi connectivity index (χ4v) is 4.30. The van der Waals surface area contributed by atoms with Gasteiger partial charge in [-0.3, -0.25) is 4.90 Å². The number of ether oxygens (including phenoxy) is 1. The van der Waals surface area contributed by atoms with Crippen molar-refractivity contribution in [3.05, 3.63) is 78.4 Å². The predicted octanol–water partition coefficient (Wildman–Crippen LogP) is 5.60. The molecule has 1 aliphatic heterocycles. The molecule has 1 saturated heterocycles. The van der Waals surface area contributed by atoms with E-state index in [0.29, 0.717) is 6.08 Å². The van der Waals surface area contributed by atoms with E-state index in [0.717, 1.165) is 49.5 Å². The Hall–Kier alpha value is -3.31. The molecule has 2 heterocycles. The summed E-state index contributed by atoms with van der Waals surface area (Å²) < 4.78 is 11.6. The van der Waals surface area contributed by atoms with Gasteiger partial charge >= 0.3 is 6.08 Å². The Bertz CT molecular complexity index is 1180. The van der Waals surface area contributed by atoms with Crippen molar-refractivity contribution >= 4 is 16.8 Å². The number of oxazole rings is 1. The van der Waals surface area contributed by atoms with E-state index >= 15 is 0 Å². The van der Waals surface area contributed by atoms with Crippen molar-refractivity contribution in [1.82, 2.24) is 9.88 Å². The van der Waals surface area contributed by atoms with Gasteiger partial charge in [0.05, 0.1) is 11.8 Å². The normalized spacial score (nSPS) is 14.9. The molecule has 5 rings (SSSR count). The first kappa shape index (κ1) is 20.6. The summed E-state index contributed by atoms with van der Waals surface area (Å²) in [5.41, 5.74) is 6.65. The molecule has 5 heteroatoms. The quantitative estimate of drug-likeness (QED) is 0.400. The van der Waals surface area contributed by atoms with Gasteiger partial charge in [-0.05, 0) is 48.7 Å². The van der Waals surface area contributed by atoms with Crippen LogP contribution in [0.2, 0.25) is 0 Å². The largest absolute Gasteiger partial charge is 0.447 e. The third kappa shape index (κ3) is 4.48. The Balaban J connectivity index is 1.26. The first-order valence-corrected chi connectivity index (χ1v) is 11.3. The molecule has 0 N–H and O–H groups in total. The summed E-state index contributed by atoms with van der Waals surface area (Å²) in [6, 6.07) is 25.6. The van der Waals surface area contributed by atoms with Crippen molar-refractivity contribution in [2.45, 2.75) is 26.5 Å². The minimum atomic E-state index is 0.0375. The van der Waals surface area contributed by atoms with Crippen molar-refractivity contribution in [2.75, 3.05) is 31.1 Å². The Morgan fingerprint density at radius 1 is 0.875 bits per heavy atom. The van der Waals surface area contributed by atoms with Crippen LogP contribution in [0.3, 0.4) is 0 Å². The highest BCUT2D eigenvalue weighted by Crippen LogP contribution is 2.31. The van der Waals surface area contributed by atoms with E-state index in [9.17, 15) is 0 Å². The van der Waals surface area contributed by atoms with E-state index in [1.54, 1.807) is 0 Å². The number of fused-ring (bicyclic) bond motifs is 1. The van der Waals surface area contributed by atoms with Crippen molar-refractivity contribution in [3.63, 3.8) is 0 Å². The van der Waals surface area contributed by atoms with Gasteiger partial charge in [0.2, 0.25) is 0 Å². The van der Waals surface area contributed by atoms with Gasteiger partial charge in [-0.1, -0.05) is 54.6 Å². The molecule has 0 radical (unpaired) electrons. The van der Waals surface area contributed by atoms with Crippen LogP contribution in [0.15, 0.2) is 77.2 Å². The number of nitrogens with zero attached hydrogens (tertiary/aromatic N) is 3. The zero-order chi connectivity index (χ0) is 21.9. The van der Waals surface area contributed by atoms with Crippen LogP contribution in [0, 0.1) is 0 Å². The Labute approximate surface area is 189 Å². The first-order valence-electron chi connectivity index (χ1n) is 11.3. The van der Waals surface area contributed by atoms with E-state index in [1.165, 1.54) is 16.7 Å². The lowest BCUT2D eigenvalue weighted by atomic mass is 10.0. The van der Waals surface area contributed by atoms with Crippen LogP contribution in [-0.4, -0.2) is 42.2 Å². The number of rotatable bonds is 6. The smallest absolute Gasteiger partial charge is 0.394 e. The standard InChI is InChI=1S/C27H29N3O2/c1-20(2)31-27-28-24-12-7-13-25(26(24)32-27)30-16-14-29(15-17-30)19-21-8-6-11-23(18-21)22-9-4-3-5-10-22/h3-13,18,20H,14-17,19H2,1-2H3. The van der Waals surface area contributed by atoms with Crippen LogP contribution in [0.1, 0.15) is 19.4 Å². The fourth-order valence-electron chi connectivity index (χ4n) is 4.30. The number of hydrogen-bond donors (Lipinski definition) is 0. The molecule has 0 amide bonds. The zero-order valence-electron chi connectivity index (χ0n) is 18.7. The fraction of sp³-hybridized carbons (Fsp3) is 0.296. The van der Waals surface area contributed by atoms with E-state index in [1.807, 2.05) is 26.0 Å². The SMILES string of the molecule is CC(C)Oc1nc2cccc(N3CCN(Cc4cccc(-c5ccccc5)c4)CC3)c2o1. The average molecular weight is 428 g/mol. The monoisotopic (exact) mass is 427 g/mol. The van der Waals surface area contributed by atoms with Gasteiger partial charge in [0.1, 0.15) is 5.52 Å². The zero-order valence-corrected chi connectivity index (χ0v) is 18.7. The maximum absolute atomic E-state index is 5.95. The Kier molecular flexibility index (Phi) is 5.82. The number of para-hydroxylation sites is 1. The molecule has 1 aromatic heterocycles. The molecule has 4 aromatic rings. The summed E-state index contributed by atoms with van der Waals surface area (Å²) in [7, 11) is 0. The van der Waals surface area contributed by atoms with E-state index in [-0.39, 0.29) is 6.10 Å². The van der Waals surface area contributed by atoms with Gasteiger partial charge in [0.25, 0.3) is 0 Å². The van der Waals surface area contributed by atoms with Crippen LogP contribution in [0.4, 0.5) is 5.69 Å². The highest BCUT2D eigenvalue weighted by Gasteiger charge is 2.21. The van der Waals surface area contributed by atoms with E-state index in [4.69, 9.17) is 9.15 Å². The predicted molar refractivity (Wildman–Crippen MR) is 129 cm³/mol. The van der Waals surface area contributed by atoms with Crippen LogP contribution >= 0.6 is 0 Å². The van der Waals surface area contributed by atoms with Crippen molar-refractivity contribution in [3.8, 4) is 17.2 Å². The molecule has 0 spiro atoms. The third-order valence-corrected chi connectivity index (χ3v) is 5.86. The summed E-state index contributed by atoms with van der Waals surface area (Å²) in [6.07, 6.45) is 0.384. The maximum atomic E-state index is 5.95. The first-order chi connectivity index (χ1) is 15.7. The molecule has 3 aromatic carbocycles.